The molecule has 2 aliphatic heterocycles. The fraction of sp³-hybridized carbons (Fsp3) is 0.222. The Balaban J connectivity index is 1.11. The Hall–Kier alpha value is -4.31. The molecule has 3 aromatic carbocycles. The van der Waals surface area contributed by atoms with Gasteiger partial charge in [-0.05, 0) is 78.9 Å². The molecule has 0 aromatic heterocycles. The van der Waals surface area contributed by atoms with Gasteiger partial charge in [0, 0.05) is 48.7 Å². The van der Waals surface area contributed by atoms with E-state index in [1.165, 1.54) is 0 Å². The van der Waals surface area contributed by atoms with Crippen molar-refractivity contribution < 1.29 is 23.8 Å². The van der Waals surface area contributed by atoms with Crippen molar-refractivity contribution in [1.82, 2.24) is 10.2 Å². The number of carbonyl (C=O) groups is 2. The molecule has 0 radical (unpaired) electrons. The quantitative estimate of drug-likeness (QED) is 0.496. The minimum atomic E-state index is -0.338. The summed E-state index contributed by atoms with van der Waals surface area (Å²) in [6.07, 6.45) is 0. The SMILES string of the molecule is COc1ccc(C(=O)N2CCN(c3ccc(NC(=S)NC(=O)c4ccc5c(c4)OCO5)cc3)CC2)cc1. The van der Waals surface area contributed by atoms with Gasteiger partial charge in [0.05, 0.1) is 7.11 Å². The van der Waals surface area contributed by atoms with Gasteiger partial charge in [-0.25, -0.2) is 0 Å². The third-order valence-electron chi connectivity index (χ3n) is 6.26. The highest BCUT2D eigenvalue weighted by atomic mass is 32.1. The van der Waals surface area contributed by atoms with Crippen molar-refractivity contribution in [2.75, 3.05) is 50.3 Å². The van der Waals surface area contributed by atoms with E-state index in [1.807, 2.05) is 29.2 Å². The summed E-state index contributed by atoms with van der Waals surface area (Å²) >= 11 is 5.31. The molecular formula is C27H26N4O5S. The molecule has 0 unspecified atom stereocenters. The largest absolute Gasteiger partial charge is 0.497 e. The van der Waals surface area contributed by atoms with Crippen molar-refractivity contribution in [3.05, 3.63) is 77.9 Å². The zero-order valence-corrected chi connectivity index (χ0v) is 21.0. The number of thiocarbonyl (C=S) groups is 1. The van der Waals surface area contributed by atoms with Gasteiger partial charge in [0.2, 0.25) is 6.79 Å². The highest BCUT2D eigenvalue weighted by molar-refractivity contribution is 7.80. The number of methoxy groups -OCH3 is 1. The average molecular weight is 519 g/mol. The van der Waals surface area contributed by atoms with E-state index in [0.29, 0.717) is 35.7 Å². The number of nitrogens with zero attached hydrogens (tertiary/aromatic N) is 2. The number of rotatable bonds is 5. The molecule has 2 aliphatic rings. The summed E-state index contributed by atoms with van der Waals surface area (Å²) in [5.41, 5.74) is 2.89. The van der Waals surface area contributed by atoms with E-state index < -0.39 is 0 Å². The molecule has 37 heavy (non-hydrogen) atoms. The van der Waals surface area contributed by atoms with Gasteiger partial charge in [-0.3, -0.25) is 14.9 Å². The van der Waals surface area contributed by atoms with E-state index in [0.717, 1.165) is 30.2 Å². The summed E-state index contributed by atoms with van der Waals surface area (Å²) in [6, 6.07) is 20.0. The lowest BCUT2D eigenvalue weighted by Crippen LogP contribution is -2.48. The van der Waals surface area contributed by atoms with Gasteiger partial charge in [-0.1, -0.05) is 0 Å². The summed E-state index contributed by atoms with van der Waals surface area (Å²) in [5.74, 6) is 1.57. The Kier molecular flexibility index (Phi) is 7.09. The monoisotopic (exact) mass is 518 g/mol. The highest BCUT2D eigenvalue weighted by Gasteiger charge is 2.22. The van der Waals surface area contributed by atoms with Crippen molar-refractivity contribution in [1.29, 1.82) is 0 Å². The Labute approximate surface area is 219 Å². The van der Waals surface area contributed by atoms with Crippen LogP contribution in [-0.4, -0.2) is 61.9 Å². The molecule has 0 bridgehead atoms. The third-order valence-corrected chi connectivity index (χ3v) is 6.46. The maximum Gasteiger partial charge on any atom is 0.257 e. The van der Waals surface area contributed by atoms with E-state index in [-0.39, 0.29) is 23.7 Å². The van der Waals surface area contributed by atoms with Crippen LogP contribution in [0.5, 0.6) is 17.2 Å². The van der Waals surface area contributed by atoms with Gasteiger partial charge >= 0.3 is 0 Å². The molecule has 2 N–H and O–H groups in total. The molecule has 3 aromatic rings. The first-order valence-electron chi connectivity index (χ1n) is 11.8. The normalized spacial score (nSPS) is 14.2. The van der Waals surface area contributed by atoms with Gasteiger partial charge in [0.15, 0.2) is 16.6 Å². The molecule has 190 valence electrons. The summed E-state index contributed by atoms with van der Waals surface area (Å²) in [4.78, 5) is 29.4. The average Bonchev–Trinajstić information content (AvgIpc) is 3.41. The molecule has 0 spiro atoms. The molecule has 2 heterocycles. The zero-order chi connectivity index (χ0) is 25.8. The van der Waals surface area contributed by atoms with E-state index in [2.05, 4.69) is 15.5 Å². The minimum Gasteiger partial charge on any atom is -0.497 e. The van der Waals surface area contributed by atoms with Crippen molar-refractivity contribution in [3.63, 3.8) is 0 Å². The maximum absolute atomic E-state index is 12.8. The van der Waals surface area contributed by atoms with Crippen molar-refractivity contribution in [2.24, 2.45) is 0 Å². The minimum absolute atomic E-state index is 0.0261. The van der Waals surface area contributed by atoms with Crippen LogP contribution >= 0.6 is 12.2 Å². The Bertz CT molecular complexity index is 1310. The van der Waals surface area contributed by atoms with E-state index in [1.54, 1.807) is 49.6 Å². The highest BCUT2D eigenvalue weighted by Crippen LogP contribution is 2.32. The number of anilines is 2. The fourth-order valence-corrected chi connectivity index (χ4v) is 4.43. The molecule has 1 fully saturated rings. The van der Waals surface area contributed by atoms with Crippen LogP contribution in [-0.2, 0) is 0 Å². The predicted molar refractivity (Wildman–Crippen MR) is 144 cm³/mol. The Morgan fingerprint density at radius 2 is 1.54 bits per heavy atom. The number of piperazine rings is 1. The van der Waals surface area contributed by atoms with Crippen molar-refractivity contribution in [2.45, 2.75) is 0 Å². The smallest absolute Gasteiger partial charge is 0.257 e. The molecular weight excluding hydrogens is 492 g/mol. The summed E-state index contributed by atoms with van der Waals surface area (Å²) in [7, 11) is 1.60. The maximum atomic E-state index is 12.8. The summed E-state index contributed by atoms with van der Waals surface area (Å²) in [6.45, 7) is 2.90. The first-order valence-corrected chi connectivity index (χ1v) is 12.2. The van der Waals surface area contributed by atoms with Crippen molar-refractivity contribution >= 4 is 40.5 Å². The lowest BCUT2D eigenvalue weighted by Gasteiger charge is -2.36. The number of ether oxygens (including phenoxy) is 3. The molecule has 0 saturated carbocycles. The first kappa shape index (κ1) is 24.4. The third kappa shape index (κ3) is 5.59. The number of amides is 2. The second-order valence-electron chi connectivity index (χ2n) is 8.53. The van der Waals surface area contributed by atoms with Crippen LogP contribution < -0.4 is 29.7 Å². The molecule has 0 aliphatic carbocycles. The van der Waals surface area contributed by atoms with Crippen LogP contribution in [0.1, 0.15) is 20.7 Å². The van der Waals surface area contributed by atoms with Crippen LogP contribution in [0.3, 0.4) is 0 Å². The number of hydrogen-bond donors (Lipinski definition) is 2. The van der Waals surface area contributed by atoms with Gasteiger partial charge in [-0.15, -0.1) is 0 Å². The van der Waals surface area contributed by atoms with Crippen molar-refractivity contribution in [3.8, 4) is 17.2 Å². The van der Waals surface area contributed by atoms with Crippen LogP contribution in [0.25, 0.3) is 0 Å². The van der Waals surface area contributed by atoms with Gasteiger partial charge in [-0.2, -0.15) is 0 Å². The van der Waals surface area contributed by atoms with Gasteiger partial charge in [0.1, 0.15) is 5.75 Å². The van der Waals surface area contributed by atoms with Crippen LogP contribution in [0.2, 0.25) is 0 Å². The Morgan fingerprint density at radius 1 is 0.865 bits per heavy atom. The number of carbonyl (C=O) groups excluding carboxylic acids is 2. The number of hydrogen-bond acceptors (Lipinski definition) is 7. The Morgan fingerprint density at radius 3 is 2.24 bits per heavy atom. The summed E-state index contributed by atoms with van der Waals surface area (Å²) < 4.78 is 15.8. The number of fused-ring (bicyclic) bond motifs is 1. The fourth-order valence-electron chi connectivity index (χ4n) is 4.21. The number of benzene rings is 3. The molecule has 2 amide bonds. The van der Waals surface area contributed by atoms with E-state index in [9.17, 15) is 9.59 Å². The van der Waals surface area contributed by atoms with Crippen LogP contribution in [0, 0.1) is 0 Å². The number of nitrogens with one attached hydrogen (secondary N) is 2. The second-order valence-corrected chi connectivity index (χ2v) is 8.94. The lowest BCUT2D eigenvalue weighted by molar-refractivity contribution is 0.0746. The van der Waals surface area contributed by atoms with Crippen LogP contribution in [0.4, 0.5) is 11.4 Å². The summed E-state index contributed by atoms with van der Waals surface area (Å²) in [5, 5.41) is 5.91. The van der Waals surface area contributed by atoms with E-state index in [4.69, 9.17) is 26.4 Å². The second kappa shape index (κ2) is 10.8. The topological polar surface area (TPSA) is 92.4 Å². The standard InChI is InChI=1S/C27H26N4O5S/c1-34-22-9-2-18(3-10-22)26(33)31-14-12-30(13-15-31)21-7-5-20(6-8-21)28-27(37)29-25(32)19-4-11-23-24(16-19)36-17-35-23/h2-11,16H,12-15,17H2,1H3,(H2,28,29,32,37). The predicted octanol–water partition coefficient (Wildman–Crippen LogP) is 3.51. The molecule has 0 atom stereocenters. The molecule has 9 nitrogen and oxygen atoms in total. The lowest BCUT2D eigenvalue weighted by atomic mass is 10.1. The molecule has 5 rings (SSSR count). The van der Waals surface area contributed by atoms with Gasteiger partial charge < -0.3 is 29.3 Å². The van der Waals surface area contributed by atoms with Gasteiger partial charge in [0.25, 0.3) is 11.8 Å². The zero-order valence-electron chi connectivity index (χ0n) is 20.2. The van der Waals surface area contributed by atoms with E-state index >= 15 is 0 Å². The first-order chi connectivity index (χ1) is 18.0. The molecule has 10 heteroatoms. The molecule has 1 saturated heterocycles. The van der Waals surface area contributed by atoms with Crippen LogP contribution in [0.15, 0.2) is 66.7 Å².